The molecule has 9 heteroatoms. The molecule has 1 aromatic carbocycles. The van der Waals surface area contributed by atoms with Crippen molar-refractivity contribution in [3.63, 3.8) is 0 Å². The number of nitrogen functional groups attached to an aromatic ring is 1. The van der Waals surface area contributed by atoms with E-state index in [-0.39, 0.29) is 11.6 Å². The highest BCUT2D eigenvalue weighted by atomic mass is 16.2. The van der Waals surface area contributed by atoms with Crippen LogP contribution in [0.2, 0.25) is 0 Å². The molecule has 6 N–H and O–H groups in total. The number of fused-ring (bicyclic) bond motifs is 1. The van der Waals surface area contributed by atoms with Crippen LogP contribution in [0.25, 0.3) is 11.0 Å². The van der Waals surface area contributed by atoms with Crippen LogP contribution in [-0.2, 0) is 6.54 Å². The number of primary amides is 1. The maximum atomic E-state index is 12.5. The highest BCUT2D eigenvalue weighted by molar-refractivity contribution is 6.06. The first kappa shape index (κ1) is 15.5. The van der Waals surface area contributed by atoms with Gasteiger partial charge in [0.15, 0.2) is 0 Å². The van der Waals surface area contributed by atoms with Crippen LogP contribution in [0, 0.1) is 6.92 Å². The summed E-state index contributed by atoms with van der Waals surface area (Å²) in [6, 6.07) is 4.80. The van der Waals surface area contributed by atoms with Crippen molar-refractivity contribution in [3.8, 4) is 0 Å². The Morgan fingerprint density at radius 3 is 2.79 bits per heavy atom. The number of hydrogen-bond acceptors (Lipinski definition) is 5. The Kier molecular flexibility index (Phi) is 3.68. The van der Waals surface area contributed by atoms with Gasteiger partial charge in [-0.2, -0.15) is 5.10 Å². The van der Waals surface area contributed by atoms with Gasteiger partial charge in [0, 0.05) is 12.1 Å². The Morgan fingerprint density at radius 1 is 1.38 bits per heavy atom. The van der Waals surface area contributed by atoms with Crippen LogP contribution < -0.4 is 16.8 Å². The molecule has 0 spiro atoms. The fourth-order valence-electron chi connectivity index (χ4n) is 2.45. The number of imidazole rings is 1. The molecule has 0 radical (unpaired) electrons. The molecule has 2 aromatic heterocycles. The first-order valence-corrected chi connectivity index (χ1v) is 7.34. The van der Waals surface area contributed by atoms with Crippen molar-refractivity contribution in [1.82, 2.24) is 19.7 Å². The quantitative estimate of drug-likeness (QED) is 0.565. The predicted octanol–water partition coefficient (Wildman–Crippen LogP) is 1.02. The number of nitrogens with two attached hydrogens (primary N) is 2. The molecule has 2 heterocycles. The number of benzene rings is 1. The summed E-state index contributed by atoms with van der Waals surface area (Å²) in [5.41, 5.74) is 14.0. The number of hydrogen-bond donors (Lipinski definition) is 4. The van der Waals surface area contributed by atoms with Gasteiger partial charge in [-0.15, -0.1) is 0 Å². The number of aryl methyl sites for hydroxylation is 2. The highest BCUT2D eigenvalue weighted by Gasteiger charge is 2.20. The predicted molar refractivity (Wildman–Crippen MR) is 89.6 cm³/mol. The van der Waals surface area contributed by atoms with Gasteiger partial charge >= 0.3 is 0 Å². The smallest absolute Gasteiger partial charge is 0.278 e. The minimum absolute atomic E-state index is 0.248. The minimum atomic E-state index is -0.535. The van der Waals surface area contributed by atoms with E-state index in [1.165, 1.54) is 4.68 Å². The van der Waals surface area contributed by atoms with E-state index in [1.54, 1.807) is 25.1 Å². The fraction of sp³-hybridized carbons (Fsp3) is 0.200. The SMILES string of the molecule is CCn1nc(C)c(N)c1C(=O)Nc1nc2ccc(C(N)=O)cc2[nH]1. The zero-order valence-electron chi connectivity index (χ0n) is 13.3. The van der Waals surface area contributed by atoms with Gasteiger partial charge in [0.1, 0.15) is 5.69 Å². The summed E-state index contributed by atoms with van der Waals surface area (Å²) in [4.78, 5) is 30.9. The number of H-pyrrole nitrogens is 1. The van der Waals surface area contributed by atoms with Crippen LogP contribution >= 0.6 is 0 Å². The summed E-state index contributed by atoms with van der Waals surface area (Å²) in [5.74, 6) is -0.700. The van der Waals surface area contributed by atoms with Gasteiger partial charge in [-0.25, -0.2) is 4.98 Å². The van der Waals surface area contributed by atoms with E-state index < -0.39 is 11.8 Å². The van der Waals surface area contributed by atoms with Gasteiger partial charge in [-0.1, -0.05) is 0 Å². The molecule has 3 rings (SSSR count). The number of nitrogens with one attached hydrogen (secondary N) is 2. The summed E-state index contributed by atoms with van der Waals surface area (Å²) >= 11 is 0. The lowest BCUT2D eigenvalue weighted by molar-refractivity contribution is 0.0996. The third-order valence-corrected chi connectivity index (χ3v) is 3.69. The average molecular weight is 327 g/mol. The van der Waals surface area contributed by atoms with Gasteiger partial charge in [-0.05, 0) is 32.0 Å². The van der Waals surface area contributed by atoms with E-state index in [2.05, 4.69) is 20.4 Å². The van der Waals surface area contributed by atoms with Crippen LogP contribution in [0.4, 0.5) is 11.6 Å². The van der Waals surface area contributed by atoms with E-state index in [9.17, 15) is 9.59 Å². The van der Waals surface area contributed by atoms with Crippen LogP contribution in [0.15, 0.2) is 18.2 Å². The van der Waals surface area contributed by atoms with Crippen molar-refractivity contribution in [2.24, 2.45) is 5.73 Å². The molecular formula is C15H17N7O2. The average Bonchev–Trinajstić information content (AvgIpc) is 3.06. The molecule has 0 fully saturated rings. The number of carbonyl (C=O) groups is 2. The number of carbonyl (C=O) groups excluding carboxylic acids is 2. The van der Waals surface area contributed by atoms with Crippen LogP contribution in [-0.4, -0.2) is 31.6 Å². The zero-order chi connectivity index (χ0) is 17.4. The lowest BCUT2D eigenvalue weighted by Gasteiger charge is -2.05. The van der Waals surface area contributed by atoms with E-state index in [0.717, 1.165) is 0 Å². The molecule has 3 aromatic rings. The molecule has 0 saturated heterocycles. The monoisotopic (exact) mass is 327 g/mol. The maximum Gasteiger partial charge on any atom is 0.278 e. The Labute approximate surface area is 137 Å². The molecule has 0 atom stereocenters. The Morgan fingerprint density at radius 2 is 2.12 bits per heavy atom. The summed E-state index contributed by atoms with van der Waals surface area (Å²) in [5, 5.41) is 6.88. The molecule has 124 valence electrons. The minimum Gasteiger partial charge on any atom is -0.395 e. The summed E-state index contributed by atoms with van der Waals surface area (Å²) in [6.45, 7) is 4.13. The molecule has 9 nitrogen and oxygen atoms in total. The van der Waals surface area contributed by atoms with Gasteiger partial charge in [0.25, 0.3) is 5.91 Å². The Bertz CT molecular complexity index is 954. The molecule has 0 saturated carbocycles. The van der Waals surface area contributed by atoms with E-state index in [0.29, 0.717) is 34.5 Å². The lowest BCUT2D eigenvalue weighted by atomic mass is 10.2. The van der Waals surface area contributed by atoms with Gasteiger partial charge in [0.2, 0.25) is 11.9 Å². The molecule has 2 amide bonds. The van der Waals surface area contributed by atoms with Gasteiger partial charge in [-0.3, -0.25) is 19.6 Å². The van der Waals surface area contributed by atoms with E-state index in [4.69, 9.17) is 11.5 Å². The van der Waals surface area contributed by atoms with Crippen molar-refractivity contribution in [2.45, 2.75) is 20.4 Å². The van der Waals surface area contributed by atoms with Gasteiger partial charge in [0.05, 0.1) is 22.4 Å². The first-order chi connectivity index (χ1) is 11.4. The van der Waals surface area contributed by atoms with E-state index in [1.807, 2.05) is 6.92 Å². The molecule has 0 aliphatic carbocycles. The van der Waals surface area contributed by atoms with Crippen molar-refractivity contribution >= 4 is 34.5 Å². The van der Waals surface area contributed by atoms with E-state index >= 15 is 0 Å². The second-order valence-electron chi connectivity index (χ2n) is 5.30. The molecule has 0 unspecified atom stereocenters. The van der Waals surface area contributed by atoms with Crippen LogP contribution in [0.3, 0.4) is 0 Å². The lowest BCUT2D eigenvalue weighted by Crippen LogP contribution is -2.19. The summed E-state index contributed by atoms with van der Waals surface area (Å²) < 4.78 is 1.54. The highest BCUT2D eigenvalue weighted by Crippen LogP contribution is 2.20. The van der Waals surface area contributed by atoms with Crippen molar-refractivity contribution in [3.05, 3.63) is 35.2 Å². The second kappa shape index (κ2) is 5.69. The maximum absolute atomic E-state index is 12.5. The standard InChI is InChI=1S/C15H17N7O2/c1-3-22-12(11(16)7(2)21-22)14(24)20-15-18-9-5-4-8(13(17)23)6-10(9)19-15/h4-6H,3,16H2,1-2H3,(H2,17,23)(H2,18,19,20,24). The Hall–Kier alpha value is -3.36. The molecule has 0 aliphatic rings. The fourth-order valence-corrected chi connectivity index (χ4v) is 2.45. The second-order valence-corrected chi connectivity index (χ2v) is 5.30. The first-order valence-electron chi connectivity index (χ1n) is 7.34. The summed E-state index contributed by atoms with van der Waals surface area (Å²) in [7, 11) is 0. The third-order valence-electron chi connectivity index (χ3n) is 3.69. The number of aromatic amines is 1. The van der Waals surface area contributed by atoms with Crippen LogP contribution in [0.1, 0.15) is 33.5 Å². The number of nitrogens with zero attached hydrogens (tertiary/aromatic N) is 3. The topological polar surface area (TPSA) is 145 Å². The molecular weight excluding hydrogens is 310 g/mol. The largest absolute Gasteiger partial charge is 0.395 e. The van der Waals surface area contributed by atoms with Crippen molar-refractivity contribution in [2.75, 3.05) is 11.1 Å². The Balaban J connectivity index is 1.92. The van der Waals surface area contributed by atoms with Crippen LogP contribution in [0.5, 0.6) is 0 Å². The van der Waals surface area contributed by atoms with Crippen molar-refractivity contribution < 1.29 is 9.59 Å². The normalized spacial score (nSPS) is 10.9. The molecule has 0 bridgehead atoms. The van der Waals surface area contributed by atoms with Gasteiger partial charge < -0.3 is 16.5 Å². The molecule has 0 aliphatic heterocycles. The zero-order valence-corrected chi connectivity index (χ0v) is 13.3. The number of rotatable bonds is 4. The number of amides is 2. The van der Waals surface area contributed by atoms with Crippen molar-refractivity contribution in [1.29, 1.82) is 0 Å². The number of aromatic nitrogens is 4. The third kappa shape index (κ3) is 2.56. The number of anilines is 2. The summed E-state index contributed by atoms with van der Waals surface area (Å²) in [6.07, 6.45) is 0. The molecule has 24 heavy (non-hydrogen) atoms.